The number of aryl methyl sites for hydroxylation is 2. The Labute approximate surface area is 120 Å². The SMILES string of the molecule is Cc1cc(C)cc(Cc2ncc(CNC3CC3)cn2)c1. The van der Waals surface area contributed by atoms with E-state index < -0.39 is 0 Å². The van der Waals surface area contributed by atoms with Gasteiger partial charge in [0, 0.05) is 37.0 Å². The fourth-order valence-electron chi connectivity index (χ4n) is 2.47. The molecule has 0 radical (unpaired) electrons. The molecule has 0 amide bonds. The lowest BCUT2D eigenvalue weighted by Gasteiger charge is -2.06. The summed E-state index contributed by atoms with van der Waals surface area (Å²) >= 11 is 0. The van der Waals surface area contributed by atoms with Crippen molar-refractivity contribution in [3.05, 3.63) is 58.7 Å². The quantitative estimate of drug-likeness (QED) is 0.905. The topological polar surface area (TPSA) is 37.8 Å². The fraction of sp³-hybridized carbons (Fsp3) is 0.412. The van der Waals surface area contributed by atoms with E-state index in [1.165, 1.54) is 35.1 Å². The molecule has 0 atom stereocenters. The summed E-state index contributed by atoms with van der Waals surface area (Å²) in [4.78, 5) is 8.96. The molecule has 1 fully saturated rings. The summed E-state index contributed by atoms with van der Waals surface area (Å²) in [7, 11) is 0. The van der Waals surface area contributed by atoms with E-state index in [0.29, 0.717) is 0 Å². The summed E-state index contributed by atoms with van der Waals surface area (Å²) in [5.41, 5.74) is 5.04. The molecule has 1 saturated carbocycles. The highest BCUT2D eigenvalue weighted by Crippen LogP contribution is 2.19. The Hall–Kier alpha value is -1.74. The standard InChI is InChI=1S/C17H21N3/c1-12-5-13(2)7-14(6-12)8-17-19-10-15(11-20-17)9-18-16-3-4-16/h5-7,10-11,16,18H,3-4,8-9H2,1-2H3. The van der Waals surface area contributed by atoms with Gasteiger partial charge in [0.2, 0.25) is 0 Å². The van der Waals surface area contributed by atoms with Crippen LogP contribution in [0.25, 0.3) is 0 Å². The molecule has 0 spiro atoms. The third-order valence-corrected chi connectivity index (χ3v) is 3.57. The minimum Gasteiger partial charge on any atom is -0.310 e. The van der Waals surface area contributed by atoms with Gasteiger partial charge in [0.05, 0.1) is 0 Å². The zero-order valence-electron chi connectivity index (χ0n) is 12.2. The first-order valence-corrected chi connectivity index (χ1v) is 7.29. The van der Waals surface area contributed by atoms with Gasteiger partial charge in [-0.15, -0.1) is 0 Å². The largest absolute Gasteiger partial charge is 0.310 e. The third kappa shape index (κ3) is 3.64. The Morgan fingerprint density at radius 1 is 1.00 bits per heavy atom. The summed E-state index contributed by atoms with van der Waals surface area (Å²) in [6.45, 7) is 5.14. The van der Waals surface area contributed by atoms with Gasteiger partial charge in [-0.05, 0) is 32.3 Å². The first-order chi connectivity index (χ1) is 9.69. The molecular formula is C17H21N3. The second-order valence-electron chi connectivity index (χ2n) is 5.84. The average Bonchev–Trinajstić information content (AvgIpc) is 3.21. The van der Waals surface area contributed by atoms with Crippen molar-refractivity contribution in [1.29, 1.82) is 0 Å². The predicted molar refractivity (Wildman–Crippen MR) is 80.6 cm³/mol. The van der Waals surface area contributed by atoms with E-state index in [0.717, 1.165) is 24.8 Å². The maximum absolute atomic E-state index is 4.48. The molecule has 3 nitrogen and oxygen atoms in total. The predicted octanol–water partition coefficient (Wildman–Crippen LogP) is 2.94. The van der Waals surface area contributed by atoms with Crippen molar-refractivity contribution in [2.45, 2.75) is 45.7 Å². The highest BCUT2D eigenvalue weighted by Gasteiger charge is 2.19. The lowest BCUT2D eigenvalue weighted by atomic mass is 10.0. The molecule has 3 heteroatoms. The van der Waals surface area contributed by atoms with Crippen LogP contribution in [0.5, 0.6) is 0 Å². The lowest BCUT2D eigenvalue weighted by Crippen LogP contribution is -2.15. The first kappa shape index (κ1) is 13.3. The summed E-state index contributed by atoms with van der Waals surface area (Å²) < 4.78 is 0. The average molecular weight is 267 g/mol. The highest BCUT2D eigenvalue weighted by atomic mass is 15.0. The van der Waals surface area contributed by atoms with Gasteiger partial charge >= 0.3 is 0 Å². The number of aromatic nitrogens is 2. The molecule has 1 aliphatic carbocycles. The van der Waals surface area contributed by atoms with Gasteiger partial charge in [0.15, 0.2) is 0 Å². The van der Waals surface area contributed by atoms with Crippen LogP contribution in [0.15, 0.2) is 30.6 Å². The van der Waals surface area contributed by atoms with Crippen molar-refractivity contribution in [2.24, 2.45) is 0 Å². The van der Waals surface area contributed by atoms with Crippen LogP contribution in [0, 0.1) is 13.8 Å². The molecule has 0 unspecified atom stereocenters. The van der Waals surface area contributed by atoms with E-state index in [4.69, 9.17) is 0 Å². The van der Waals surface area contributed by atoms with Crippen molar-refractivity contribution in [3.8, 4) is 0 Å². The Morgan fingerprint density at radius 3 is 2.25 bits per heavy atom. The monoisotopic (exact) mass is 267 g/mol. The van der Waals surface area contributed by atoms with Crippen LogP contribution in [0.4, 0.5) is 0 Å². The van der Waals surface area contributed by atoms with Gasteiger partial charge in [-0.25, -0.2) is 9.97 Å². The van der Waals surface area contributed by atoms with Gasteiger partial charge in [0.1, 0.15) is 5.82 Å². The van der Waals surface area contributed by atoms with Gasteiger partial charge in [-0.1, -0.05) is 29.3 Å². The van der Waals surface area contributed by atoms with Crippen molar-refractivity contribution in [3.63, 3.8) is 0 Å². The van der Waals surface area contributed by atoms with Crippen molar-refractivity contribution >= 4 is 0 Å². The Kier molecular flexibility index (Phi) is 3.79. The molecule has 1 aliphatic rings. The number of hydrogen-bond acceptors (Lipinski definition) is 3. The van der Waals surface area contributed by atoms with Crippen LogP contribution in [0.3, 0.4) is 0 Å². The summed E-state index contributed by atoms with van der Waals surface area (Å²) in [5, 5.41) is 3.48. The van der Waals surface area contributed by atoms with Crippen LogP contribution >= 0.6 is 0 Å². The number of rotatable bonds is 5. The molecule has 104 valence electrons. The van der Waals surface area contributed by atoms with Gasteiger partial charge in [0.25, 0.3) is 0 Å². The number of benzene rings is 1. The zero-order valence-corrected chi connectivity index (χ0v) is 12.2. The van der Waals surface area contributed by atoms with Crippen LogP contribution < -0.4 is 5.32 Å². The van der Waals surface area contributed by atoms with E-state index in [9.17, 15) is 0 Å². The second-order valence-corrected chi connectivity index (χ2v) is 5.84. The third-order valence-electron chi connectivity index (χ3n) is 3.57. The normalized spacial score (nSPS) is 14.5. The number of nitrogens with one attached hydrogen (secondary N) is 1. The van der Waals surface area contributed by atoms with Crippen molar-refractivity contribution in [1.82, 2.24) is 15.3 Å². The van der Waals surface area contributed by atoms with E-state index in [2.05, 4.69) is 47.3 Å². The number of hydrogen-bond donors (Lipinski definition) is 1. The maximum atomic E-state index is 4.48. The van der Waals surface area contributed by atoms with E-state index in [1.54, 1.807) is 0 Å². The zero-order chi connectivity index (χ0) is 13.9. The summed E-state index contributed by atoms with van der Waals surface area (Å²) in [6.07, 6.45) is 7.32. The maximum Gasteiger partial charge on any atom is 0.132 e. The molecule has 1 heterocycles. The molecule has 1 aromatic heterocycles. The molecule has 0 aliphatic heterocycles. The Bertz CT molecular complexity index is 565. The molecule has 2 aromatic rings. The molecular weight excluding hydrogens is 246 g/mol. The fourth-order valence-corrected chi connectivity index (χ4v) is 2.47. The minimum absolute atomic E-state index is 0.727. The highest BCUT2D eigenvalue weighted by molar-refractivity contribution is 5.30. The van der Waals surface area contributed by atoms with Gasteiger partial charge < -0.3 is 5.32 Å². The van der Waals surface area contributed by atoms with Gasteiger partial charge in [-0.3, -0.25) is 0 Å². The van der Waals surface area contributed by atoms with Gasteiger partial charge in [-0.2, -0.15) is 0 Å². The smallest absolute Gasteiger partial charge is 0.132 e. The van der Waals surface area contributed by atoms with E-state index in [1.807, 2.05) is 12.4 Å². The van der Waals surface area contributed by atoms with Crippen LogP contribution in [0.1, 0.15) is 40.9 Å². The van der Waals surface area contributed by atoms with Crippen LogP contribution in [0.2, 0.25) is 0 Å². The molecule has 1 N–H and O–H groups in total. The van der Waals surface area contributed by atoms with Crippen molar-refractivity contribution in [2.75, 3.05) is 0 Å². The Morgan fingerprint density at radius 2 is 1.65 bits per heavy atom. The minimum atomic E-state index is 0.727. The van der Waals surface area contributed by atoms with Crippen LogP contribution in [-0.2, 0) is 13.0 Å². The van der Waals surface area contributed by atoms with Crippen LogP contribution in [-0.4, -0.2) is 16.0 Å². The summed E-state index contributed by atoms with van der Waals surface area (Å²) in [5.74, 6) is 0.894. The molecule has 0 bridgehead atoms. The second kappa shape index (κ2) is 5.71. The molecule has 20 heavy (non-hydrogen) atoms. The van der Waals surface area contributed by atoms with Crippen molar-refractivity contribution < 1.29 is 0 Å². The molecule has 1 aromatic carbocycles. The molecule has 0 saturated heterocycles. The lowest BCUT2D eigenvalue weighted by molar-refractivity contribution is 0.681. The first-order valence-electron chi connectivity index (χ1n) is 7.29. The summed E-state index contributed by atoms with van der Waals surface area (Å²) in [6, 6.07) is 7.33. The van der Waals surface area contributed by atoms with E-state index in [-0.39, 0.29) is 0 Å². The molecule has 3 rings (SSSR count). The Balaban J connectivity index is 1.64. The number of nitrogens with zero attached hydrogens (tertiary/aromatic N) is 2. The van der Waals surface area contributed by atoms with E-state index >= 15 is 0 Å².